The number of carbonyl (C=O) groups excluding carboxylic acids is 1. The molecule has 0 radical (unpaired) electrons. The predicted molar refractivity (Wildman–Crippen MR) is 74.8 cm³/mol. The summed E-state index contributed by atoms with van der Waals surface area (Å²) in [7, 11) is 0. The van der Waals surface area contributed by atoms with Crippen LogP contribution in [0.2, 0.25) is 0 Å². The summed E-state index contributed by atoms with van der Waals surface area (Å²) >= 11 is 0. The Bertz CT molecular complexity index is 448. The molecule has 1 atom stereocenters. The number of carbonyl (C=O) groups is 1. The topological polar surface area (TPSA) is 41.1 Å². The van der Waals surface area contributed by atoms with Gasteiger partial charge in [-0.25, -0.2) is 0 Å². The zero-order chi connectivity index (χ0) is 13.2. The first-order valence-corrected chi connectivity index (χ1v) is 6.65. The lowest BCUT2D eigenvalue weighted by molar-refractivity contribution is -0.122. The first-order chi connectivity index (χ1) is 8.51. The fraction of sp³-hybridized carbons (Fsp3) is 0.533. The van der Waals surface area contributed by atoms with Crippen LogP contribution < -0.4 is 10.6 Å². The third-order valence-corrected chi connectivity index (χ3v) is 3.76. The number of benzene rings is 1. The van der Waals surface area contributed by atoms with Gasteiger partial charge in [0.2, 0.25) is 5.91 Å². The van der Waals surface area contributed by atoms with Gasteiger partial charge in [-0.2, -0.15) is 0 Å². The van der Waals surface area contributed by atoms with Gasteiger partial charge in [0.25, 0.3) is 0 Å². The van der Waals surface area contributed by atoms with Gasteiger partial charge >= 0.3 is 0 Å². The Morgan fingerprint density at radius 1 is 1.33 bits per heavy atom. The average Bonchev–Trinajstić information content (AvgIpc) is 2.35. The Hall–Kier alpha value is -1.35. The second kappa shape index (κ2) is 5.11. The molecule has 0 bridgehead atoms. The van der Waals surface area contributed by atoms with E-state index >= 15 is 0 Å². The molecule has 1 unspecified atom stereocenters. The number of nitrogens with one attached hydrogen (secondary N) is 2. The number of aryl methyl sites for hydroxylation is 2. The zero-order valence-corrected chi connectivity index (χ0v) is 11.5. The number of hydrogen-bond acceptors (Lipinski definition) is 2. The normalized spacial score (nSPS) is 23.7. The molecule has 1 aromatic rings. The van der Waals surface area contributed by atoms with E-state index < -0.39 is 5.54 Å². The smallest absolute Gasteiger partial charge is 0.244 e. The molecule has 98 valence electrons. The van der Waals surface area contributed by atoms with E-state index in [9.17, 15) is 4.79 Å². The number of hydrogen-bond donors (Lipinski definition) is 2. The lowest BCUT2D eigenvalue weighted by Gasteiger charge is -2.33. The second-order valence-corrected chi connectivity index (χ2v) is 5.49. The monoisotopic (exact) mass is 246 g/mol. The molecule has 1 fully saturated rings. The molecule has 1 saturated heterocycles. The second-order valence-electron chi connectivity index (χ2n) is 5.49. The van der Waals surface area contributed by atoms with Crippen molar-refractivity contribution in [1.29, 1.82) is 0 Å². The van der Waals surface area contributed by atoms with E-state index in [0.29, 0.717) is 0 Å². The largest absolute Gasteiger partial charge is 0.324 e. The highest BCUT2D eigenvalue weighted by Crippen LogP contribution is 2.23. The van der Waals surface area contributed by atoms with Crippen LogP contribution in [-0.2, 0) is 4.79 Å². The van der Waals surface area contributed by atoms with Crippen molar-refractivity contribution in [3.63, 3.8) is 0 Å². The quantitative estimate of drug-likeness (QED) is 0.842. The Balaban J connectivity index is 2.13. The molecule has 18 heavy (non-hydrogen) atoms. The van der Waals surface area contributed by atoms with Crippen molar-refractivity contribution in [3.05, 3.63) is 29.3 Å². The molecule has 1 aliphatic heterocycles. The van der Waals surface area contributed by atoms with Crippen molar-refractivity contribution in [2.75, 3.05) is 11.9 Å². The van der Waals surface area contributed by atoms with E-state index in [0.717, 1.165) is 42.6 Å². The summed E-state index contributed by atoms with van der Waals surface area (Å²) in [4.78, 5) is 12.4. The molecule has 2 N–H and O–H groups in total. The third-order valence-electron chi connectivity index (χ3n) is 3.76. The minimum Gasteiger partial charge on any atom is -0.324 e. The maximum atomic E-state index is 12.4. The predicted octanol–water partition coefficient (Wildman–Crippen LogP) is 2.77. The highest BCUT2D eigenvalue weighted by Gasteiger charge is 2.34. The van der Waals surface area contributed by atoms with Crippen LogP contribution in [0.1, 0.15) is 37.3 Å². The fourth-order valence-corrected chi connectivity index (χ4v) is 2.38. The maximum absolute atomic E-state index is 12.4. The first-order valence-electron chi connectivity index (χ1n) is 6.65. The van der Waals surface area contributed by atoms with Gasteiger partial charge in [-0.05, 0) is 63.8 Å². The molecule has 0 aliphatic carbocycles. The lowest BCUT2D eigenvalue weighted by atomic mass is 9.90. The standard InChI is InChI=1S/C15H22N2O/c1-11-6-7-12(2)13(10-11)17-14(18)15(3)8-4-5-9-16-15/h6-7,10,16H,4-5,8-9H2,1-3H3,(H,17,18). The molecule has 3 nitrogen and oxygen atoms in total. The lowest BCUT2D eigenvalue weighted by Crippen LogP contribution is -2.54. The van der Waals surface area contributed by atoms with Crippen LogP contribution in [0.4, 0.5) is 5.69 Å². The molecule has 0 saturated carbocycles. The highest BCUT2D eigenvalue weighted by molar-refractivity contribution is 5.98. The van der Waals surface area contributed by atoms with E-state index in [1.165, 1.54) is 0 Å². The van der Waals surface area contributed by atoms with E-state index in [-0.39, 0.29) is 5.91 Å². The molecule has 3 heteroatoms. The van der Waals surface area contributed by atoms with Gasteiger partial charge in [-0.1, -0.05) is 12.1 Å². The summed E-state index contributed by atoms with van der Waals surface area (Å²) in [6, 6.07) is 6.13. The summed E-state index contributed by atoms with van der Waals surface area (Å²) in [5.74, 6) is 0.0795. The number of anilines is 1. The van der Waals surface area contributed by atoms with Crippen molar-refractivity contribution in [1.82, 2.24) is 5.32 Å². The van der Waals surface area contributed by atoms with Gasteiger partial charge in [-0.15, -0.1) is 0 Å². The van der Waals surface area contributed by atoms with Crippen molar-refractivity contribution < 1.29 is 4.79 Å². The summed E-state index contributed by atoms with van der Waals surface area (Å²) in [6.07, 6.45) is 3.18. The van der Waals surface area contributed by atoms with E-state index in [1.54, 1.807) is 0 Å². The van der Waals surface area contributed by atoms with E-state index in [2.05, 4.69) is 16.7 Å². The summed E-state index contributed by atoms with van der Waals surface area (Å²) < 4.78 is 0. The van der Waals surface area contributed by atoms with Gasteiger partial charge in [0.15, 0.2) is 0 Å². The molecule has 1 amide bonds. The van der Waals surface area contributed by atoms with Crippen molar-refractivity contribution in [2.24, 2.45) is 0 Å². The fourth-order valence-electron chi connectivity index (χ4n) is 2.38. The van der Waals surface area contributed by atoms with Crippen molar-refractivity contribution in [3.8, 4) is 0 Å². The molecule has 1 heterocycles. The number of amides is 1. The van der Waals surface area contributed by atoms with Gasteiger partial charge in [-0.3, -0.25) is 4.79 Å². The Labute approximate surface area is 109 Å². The number of piperidine rings is 1. The van der Waals surface area contributed by atoms with Crippen molar-refractivity contribution in [2.45, 2.75) is 45.6 Å². The third kappa shape index (κ3) is 2.72. The molecule has 0 aromatic heterocycles. The van der Waals surface area contributed by atoms with E-state index in [1.807, 2.05) is 32.9 Å². The Morgan fingerprint density at radius 2 is 2.11 bits per heavy atom. The Kier molecular flexibility index (Phi) is 3.71. The Morgan fingerprint density at radius 3 is 2.78 bits per heavy atom. The van der Waals surface area contributed by atoms with Gasteiger partial charge < -0.3 is 10.6 Å². The molecule has 2 rings (SSSR count). The van der Waals surface area contributed by atoms with Crippen LogP contribution in [0.15, 0.2) is 18.2 Å². The van der Waals surface area contributed by atoms with Gasteiger partial charge in [0, 0.05) is 5.69 Å². The van der Waals surface area contributed by atoms with Crippen LogP contribution in [0.3, 0.4) is 0 Å². The van der Waals surface area contributed by atoms with Gasteiger partial charge in [0.1, 0.15) is 0 Å². The molecular weight excluding hydrogens is 224 g/mol. The maximum Gasteiger partial charge on any atom is 0.244 e. The molecule has 1 aliphatic rings. The minimum absolute atomic E-state index is 0.0795. The molecule has 1 aromatic carbocycles. The minimum atomic E-state index is -0.422. The summed E-state index contributed by atoms with van der Waals surface area (Å²) in [5.41, 5.74) is 2.77. The zero-order valence-electron chi connectivity index (χ0n) is 11.5. The summed E-state index contributed by atoms with van der Waals surface area (Å²) in [6.45, 7) is 6.98. The first kappa shape index (κ1) is 13.1. The van der Waals surface area contributed by atoms with Crippen LogP contribution in [0.5, 0.6) is 0 Å². The van der Waals surface area contributed by atoms with Crippen LogP contribution in [-0.4, -0.2) is 18.0 Å². The number of rotatable bonds is 2. The molecular formula is C15H22N2O. The molecule has 0 spiro atoms. The highest BCUT2D eigenvalue weighted by atomic mass is 16.2. The van der Waals surface area contributed by atoms with Crippen LogP contribution in [0.25, 0.3) is 0 Å². The van der Waals surface area contributed by atoms with Crippen LogP contribution in [0, 0.1) is 13.8 Å². The van der Waals surface area contributed by atoms with E-state index in [4.69, 9.17) is 0 Å². The summed E-state index contributed by atoms with van der Waals surface area (Å²) in [5, 5.41) is 6.40. The van der Waals surface area contributed by atoms with Gasteiger partial charge in [0.05, 0.1) is 5.54 Å². The van der Waals surface area contributed by atoms with Crippen molar-refractivity contribution >= 4 is 11.6 Å². The SMILES string of the molecule is Cc1ccc(C)c(NC(=O)C2(C)CCCCN2)c1. The van der Waals surface area contributed by atoms with Crippen LogP contribution >= 0.6 is 0 Å². The average molecular weight is 246 g/mol.